The van der Waals surface area contributed by atoms with Gasteiger partial charge in [-0.15, -0.1) is 0 Å². The second-order valence-electron chi connectivity index (χ2n) is 6.35. The summed E-state index contributed by atoms with van der Waals surface area (Å²) in [6.45, 7) is 5.64. The van der Waals surface area contributed by atoms with Crippen molar-refractivity contribution in [3.63, 3.8) is 0 Å². The molecule has 0 aromatic carbocycles. The molecule has 2 nitrogen and oxygen atoms in total. The summed E-state index contributed by atoms with van der Waals surface area (Å²) < 4.78 is 39.2. The number of fused-ring (bicyclic) bond motifs is 1. The maximum Gasteiger partial charge on any atom is 0.391 e. The van der Waals surface area contributed by atoms with E-state index in [0.29, 0.717) is 12.8 Å². The highest BCUT2D eigenvalue weighted by atomic mass is 19.4. The van der Waals surface area contributed by atoms with Gasteiger partial charge in [0, 0.05) is 23.5 Å². The van der Waals surface area contributed by atoms with E-state index in [0.717, 1.165) is 11.3 Å². The largest absolute Gasteiger partial charge is 0.391 e. The van der Waals surface area contributed by atoms with Gasteiger partial charge in [0.15, 0.2) is 0 Å². The third kappa shape index (κ3) is 3.14. The molecule has 0 saturated carbocycles. The normalized spacial score (nSPS) is 24.1. The topological polar surface area (TPSA) is 25.2 Å². The van der Waals surface area contributed by atoms with Crippen LogP contribution < -0.4 is 0 Å². The molecule has 1 aliphatic rings. The summed E-state index contributed by atoms with van der Waals surface area (Å²) in [4.78, 5) is 0. The number of halogens is 3. The predicted octanol–water partition coefficient (Wildman–Crippen LogP) is 4.01. The van der Waals surface area contributed by atoms with Crippen LogP contribution in [0.4, 0.5) is 13.2 Å². The van der Waals surface area contributed by atoms with Crippen molar-refractivity contribution < 1.29 is 18.3 Å². The molecule has 1 heterocycles. The first kappa shape index (κ1) is 14.4. The van der Waals surface area contributed by atoms with Gasteiger partial charge in [0.1, 0.15) is 0 Å². The van der Waals surface area contributed by atoms with Gasteiger partial charge in [-0.1, -0.05) is 13.8 Å². The molecule has 2 unspecified atom stereocenters. The summed E-state index contributed by atoms with van der Waals surface area (Å²) in [6.07, 6.45) is -2.56. The number of alkyl halides is 3. The minimum absolute atomic E-state index is 0.0829. The first-order valence-corrected chi connectivity index (χ1v) is 6.53. The smallest absolute Gasteiger partial charge is 0.388 e. The number of nitrogens with zero attached hydrogens (tertiary/aromatic N) is 1. The third-order valence-electron chi connectivity index (χ3n) is 3.81. The van der Waals surface area contributed by atoms with Gasteiger partial charge in [0.25, 0.3) is 0 Å². The van der Waals surface area contributed by atoms with Gasteiger partial charge in [-0.3, -0.25) is 0 Å². The Morgan fingerprint density at radius 2 is 2.11 bits per heavy atom. The molecular weight excluding hydrogens is 255 g/mol. The summed E-state index contributed by atoms with van der Waals surface area (Å²) in [5, 5.41) is 10.1. The SMILES string of the molecule is CC(CC(F)(F)F)n1ccc2c1CC(C)(C)CC2O. The summed E-state index contributed by atoms with van der Waals surface area (Å²) in [6, 6.07) is 1.12. The fraction of sp³-hybridized carbons (Fsp3) is 0.714. The van der Waals surface area contributed by atoms with Crippen molar-refractivity contribution in [2.24, 2.45) is 5.41 Å². The molecule has 0 amide bonds. The van der Waals surface area contributed by atoms with E-state index in [-0.39, 0.29) is 5.41 Å². The number of hydrogen-bond acceptors (Lipinski definition) is 1. The van der Waals surface area contributed by atoms with Gasteiger partial charge in [0.05, 0.1) is 12.5 Å². The molecule has 0 saturated heterocycles. The summed E-state index contributed by atoms with van der Waals surface area (Å²) in [5.41, 5.74) is 1.55. The van der Waals surface area contributed by atoms with E-state index in [9.17, 15) is 18.3 Å². The van der Waals surface area contributed by atoms with E-state index < -0.39 is 24.7 Å². The van der Waals surface area contributed by atoms with Crippen LogP contribution >= 0.6 is 0 Å². The summed E-state index contributed by atoms with van der Waals surface area (Å²) in [7, 11) is 0. The van der Waals surface area contributed by atoms with Crippen molar-refractivity contribution in [3.8, 4) is 0 Å². The van der Waals surface area contributed by atoms with Crippen LogP contribution in [0, 0.1) is 5.41 Å². The molecule has 2 atom stereocenters. The van der Waals surface area contributed by atoms with Gasteiger partial charge in [-0.25, -0.2) is 0 Å². The molecule has 1 N–H and O–H groups in total. The Kier molecular flexibility index (Phi) is 3.45. The monoisotopic (exact) mass is 275 g/mol. The Labute approximate surface area is 111 Å². The van der Waals surface area contributed by atoms with E-state index in [1.807, 2.05) is 13.8 Å². The summed E-state index contributed by atoms with van der Waals surface area (Å²) >= 11 is 0. The Morgan fingerprint density at radius 3 is 2.68 bits per heavy atom. The van der Waals surface area contributed by atoms with Crippen molar-refractivity contribution in [2.75, 3.05) is 0 Å². The number of aliphatic hydroxyl groups excluding tert-OH is 1. The van der Waals surface area contributed by atoms with Crippen LogP contribution in [-0.2, 0) is 6.42 Å². The molecule has 2 rings (SSSR count). The van der Waals surface area contributed by atoms with E-state index in [2.05, 4.69) is 0 Å². The fourth-order valence-corrected chi connectivity index (χ4v) is 3.00. The zero-order valence-electron chi connectivity index (χ0n) is 11.5. The van der Waals surface area contributed by atoms with Gasteiger partial charge >= 0.3 is 6.18 Å². The molecule has 5 heteroatoms. The number of aliphatic hydroxyl groups is 1. The van der Waals surface area contributed by atoms with Crippen LogP contribution in [0.15, 0.2) is 12.3 Å². The lowest BCUT2D eigenvalue weighted by Crippen LogP contribution is -2.28. The van der Waals surface area contributed by atoms with Crippen LogP contribution in [0.5, 0.6) is 0 Å². The van der Waals surface area contributed by atoms with Crippen molar-refractivity contribution in [1.29, 1.82) is 0 Å². The number of rotatable bonds is 2. The van der Waals surface area contributed by atoms with Gasteiger partial charge in [-0.2, -0.15) is 13.2 Å². The highest BCUT2D eigenvalue weighted by Gasteiger charge is 2.36. The van der Waals surface area contributed by atoms with Gasteiger partial charge in [-0.05, 0) is 31.2 Å². The number of hydrogen-bond donors (Lipinski definition) is 1. The van der Waals surface area contributed by atoms with Crippen molar-refractivity contribution >= 4 is 0 Å². The van der Waals surface area contributed by atoms with E-state index in [4.69, 9.17) is 0 Å². The second kappa shape index (κ2) is 4.54. The molecule has 1 aromatic heterocycles. The quantitative estimate of drug-likeness (QED) is 0.867. The molecule has 0 spiro atoms. The molecule has 0 bridgehead atoms. The minimum atomic E-state index is -4.17. The Morgan fingerprint density at radius 1 is 1.47 bits per heavy atom. The van der Waals surface area contributed by atoms with Crippen molar-refractivity contribution in [1.82, 2.24) is 4.57 Å². The first-order valence-electron chi connectivity index (χ1n) is 6.53. The van der Waals surface area contributed by atoms with Crippen molar-refractivity contribution in [3.05, 3.63) is 23.5 Å². The molecule has 0 radical (unpaired) electrons. The lowest BCUT2D eigenvalue weighted by molar-refractivity contribution is -0.141. The Hall–Kier alpha value is -0.970. The van der Waals surface area contributed by atoms with Gasteiger partial charge < -0.3 is 9.67 Å². The minimum Gasteiger partial charge on any atom is -0.388 e. The molecular formula is C14H20F3NO. The van der Waals surface area contributed by atoms with Crippen LogP contribution in [0.2, 0.25) is 0 Å². The molecule has 0 fully saturated rings. The predicted molar refractivity (Wildman–Crippen MR) is 66.9 cm³/mol. The van der Waals surface area contributed by atoms with Crippen LogP contribution in [0.1, 0.15) is 57.0 Å². The van der Waals surface area contributed by atoms with Crippen LogP contribution in [0.25, 0.3) is 0 Å². The maximum absolute atomic E-state index is 12.5. The number of aromatic nitrogens is 1. The van der Waals surface area contributed by atoms with E-state index in [1.165, 1.54) is 0 Å². The molecule has 1 aliphatic carbocycles. The van der Waals surface area contributed by atoms with Crippen LogP contribution in [-0.4, -0.2) is 15.8 Å². The molecule has 108 valence electrons. The maximum atomic E-state index is 12.5. The lowest BCUT2D eigenvalue weighted by atomic mass is 9.75. The zero-order chi connectivity index (χ0) is 14.4. The van der Waals surface area contributed by atoms with Crippen LogP contribution in [0.3, 0.4) is 0 Å². The summed E-state index contributed by atoms with van der Waals surface area (Å²) in [5.74, 6) is 0. The molecule has 1 aromatic rings. The third-order valence-corrected chi connectivity index (χ3v) is 3.81. The lowest BCUT2D eigenvalue weighted by Gasteiger charge is -2.34. The molecule has 19 heavy (non-hydrogen) atoms. The zero-order valence-corrected chi connectivity index (χ0v) is 11.5. The first-order chi connectivity index (χ1) is 8.59. The Bertz CT molecular complexity index is 462. The second-order valence-corrected chi connectivity index (χ2v) is 6.35. The van der Waals surface area contributed by atoms with Crippen molar-refractivity contribution in [2.45, 2.75) is 58.4 Å². The van der Waals surface area contributed by atoms with Gasteiger partial charge in [0.2, 0.25) is 0 Å². The molecule has 0 aliphatic heterocycles. The average Bonchev–Trinajstić information content (AvgIpc) is 2.56. The van der Waals surface area contributed by atoms with E-state index >= 15 is 0 Å². The highest BCUT2D eigenvalue weighted by Crippen LogP contribution is 2.42. The highest BCUT2D eigenvalue weighted by molar-refractivity contribution is 5.29. The van der Waals surface area contributed by atoms with E-state index in [1.54, 1.807) is 23.8 Å². The Balaban J connectivity index is 2.30. The average molecular weight is 275 g/mol. The standard InChI is InChI=1S/C14H20F3NO/c1-9(6-14(15,16)17)18-5-4-10-11(18)7-13(2,3)8-12(10)19/h4-5,9,12,19H,6-8H2,1-3H3. The fourth-order valence-electron chi connectivity index (χ4n) is 3.00.